The molecule has 51 heavy (non-hydrogen) atoms. The van der Waals surface area contributed by atoms with Gasteiger partial charge in [0.2, 0.25) is 5.89 Å². The second-order valence-corrected chi connectivity index (χ2v) is 14.2. The lowest BCUT2D eigenvalue weighted by Gasteiger charge is -2.26. The van der Waals surface area contributed by atoms with Crippen LogP contribution in [-0.4, -0.2) is 4.98 Å². The molecule has 0 aliphatic heterocycles. The molecule has 4 heteroatoms. The highest BCUT2D eigenvalue weighted by atomic mass is 32.1. The lowest BCUT2D eigenvalue weighted by molar-refractivity contribution is 0.620. The van der Waals surface area contributed by atoms with Gasteiger partial charge in [0.05, 0.1) is 0 Å². The molecule has 2 heterocycles. The van der Waals surface area contributed by atoms with E-state index in [2.05, 4.69) is 175 Å². The van der Waals surface area contributed by atoms with Crippen molar-refractivity contribution in [3.05, 3.63) is 170 Å². The Morgan fingerprint density at radius 1 is 0.431 bits per heavy atom. The molecule has 11 rings (SSSR count). The van der Waals surface area contributed by atoms with Gasteiger partial charge < -0.3 is 9.32 Å². The predicted molar refractivity (Wildman–Crippen MR) is 217 cm³/mol. The average Bonchev–Trinajstić information content (AvgIpc) is 3.80. The number of benzene rings is 9. The first-order valence-electron chi connectivity index (χ1n) is 17.2. The molecule has 3 nitrogen and oxygen atoms in total. The number of anilines is 3. The van der Waals surface area contributed by atoms with E-state index in [1.807, 2.05) is 11.3 Å². The molecule has 0 saturated heterocycles. The van der Waals surface area contributed by atoms with Crippen LogP contribution in [0.5, 0.6) is 0 Å². The zero-order valence-corrected chi connectivity index (χ0v) is 28.2. The van der Waals surface area contributed by atoms with Gasteiger partial charge in [-0.05, 0) is 104 Å². The minimum atomic E-state index is 0.613. The maximum absolute atomic E-state index is 6.60. The van der Waals surface area contributed by atoms with Crippen LogP contribution in [0, 0.1) is 0 Å². The second kappa shape index (κ2) is 11.0. The number of para-hydroxylation sites is 1. The van der Waals surface area contributed by atoms with E-state index in [0.717, 1.165) is 39.1 Å². The summed E-state index contributed by atoms with van der Waals surface area (Å²) in [6.07, 6.45) is 0. The molecule has 0 unspecified atom stereocenters. The van der Waals surface area contributed by atoms with Crippen LogP contribution >= 0.6 is 11.3 Å². The van der Waals surface area contributed by atoms with Crippen molar-refractivity contribution in [1.29, 1.82) is 0 Å². The van der Waals surface area contributed by atoms with E-state index < -0.39 is 0 Å². The smallest absolute Gasteiger partial charge is 0.227 e. The third-order valence-corrected chi connectivity index (χ3v) is 11.3. The zero-order chi connectivity index (χ0) is 33.5. The van der Waals surface area contributed by atoms with Crippen molar-refractivity contribution in [2.24, 2.45) is 0 Å². The van der Waals surface area contributed by atoms with Crippen LogP contribution in [0.4, 0.5) is 17.1 Å². The number of rotatable bonds is 4. The molecule has 238 valence electrons. The van der Waals surface area contributed by atoms with Crippen LogP contribution < -0.4 is 4.90 Å². The SMILES string of the molecule is c1ccc(N(c2cccc(-c3nc4c(ccc5sc6ccc7ccc8ccccc8c7c6c54)o3)c2)c2ccc3c(ccc4ccccc43)c2)cc1. The van der Waals surface area contributed by atoms with Gasteiger partial charge in [-0.15, -0.1) is 11.3 Å². The van der Waals surface area contributed by atoms with Gasteiger partial charge in [0.15, 0.2) is 5.58 Å². The molecule has 0 amide bonds. The van der Waals surface area contributed by atoms with E-state index in [4.69, 9.17) is 9.40 Å². The van der Waals surface area contributed by atoms with Crippen LogP contribution in [0.1, 0.15) is 0 Å². The second-order valence-electron chi connectivity index (χ2n) is 13.1. The fourth-order valence-corrected chi connectivity index (χ4v) is 9.01. The van der Waals surface area contributed by atoms with Gasteiger partial charge in [0.1, 0.15) is 5.52 Å². The number of thiophene rings is 1. The van der Waals surface area contributed by atoms with Crippen molar-refractivity contribution >= 4 is 103 Å². The number of oxazole rings is 1. The summed E-state index contributed by atoms with van der Waals surface area (Å²) in [5, 5.41) is 12.4. The van der Waals surface area contributed by atoms with Crippen LogP contribution in [0.3, 0.4) is 0 Å². The molecular weight excluding hydrogens is 641 g/mol. The Morgan fingerprint density at radius 2 is 1.08 bits per heavy atom. The van der Waals surface area contributed by atoms with Gasteiger partial charge in [0, 0.05) is 42.8 Å². The topological polar surface area (TPSA) is 29.3 Å². The first-order valence-corrected chi connectivity index (χ1v) is 18.0. The fraction of sp³-hybridized carbons (Fsp3) is 0. The van der Waals surface area contributed by atoms with Crippen molar-refractivity contribution in [2.75, 3.05) is 4.90 Å². The lowest BCUT2D eigenvalue weighted by atomic mass is 9.97. The van der Waals surface area contributed by atoms with E-state index in [1.54, 1.807) is 0 Å². The van der Waals surface area contributed by atoms with Gasteiger partial charge in [-0.25, -0.2) is 4.98 Å². The maximum Gasteiger partial charge on any atom is 0.227 e. The molecule has 0 bridgehead atoms. The molecule has 0 fully saturated rings. The van der Waals surface area contributed by atoms with Crippen molar-refractivity contribution < 1.29 is 4.42 Å². The van der Waals surface area contributed by atoms with Gasteiger partial charge >= 0.3 is 0 Å². The van der Waals surface area contributed by atoms with Gasteiger partial charge in [-0.3, -0.25) is 0 Å². The normalized spacial score (nSPS) is 11.9. The molecule has 0 aliphatic rings. The first kappa shape index (κ1) is 28.4. The zero-order valence-electron chi connectivity index (χ0n) is 27.4. The van der Waals surface area contributed by atoms with Crippen LogP contribution in [0.25, 0.3) is 85.8 Å². The molecule has 0 saturated carbocycles. The maximum atomic E-state index is 6.60. The summed E-state index contributed by atoms with van der Waals surface area (Å²) in [4.78, 5) is 7.57. The van der Waals surface area contributed by atoms with Gasteiger partial charge in [-0.2, -0.15) is 0 Å². The number of fused-ring (bicyclic) bond motifs is 12. The highest BCUT2D eigenvalue weighted by Gasteiger charge is 2.20. The summed E-state index contributed by atoms with van der Waals surface area (Å²) in [7, 11) is 0. The molecule has 0 aliphatic carbocycles. The molecule has 0 N–H and O–H groups in total. The summed E-state index contributed by atoms with van der Waals surface area (Å²) < 4.78 is 9.07. The Morgan fingerprint density at radius 3 is 1.96 bits per heavy atom. The summed E-state index contributed by atoms with van der Waals surface area (Å²) >= 11 is 1.82. The number of hydrogen-bond donors (Lipinski definition) is 0. The third-order valence-electron chi connectivity index (χ3n) is 10.2. The summed E-state index contributed by atoms with van der Waals surface area (Å²) in [5.41, 5.74) is 5.83. The van der Waals surface area contributed by atoms with E-state index >= 15 is 0 Å². The monoisotopic (exact) mass is 668 g/mol. The van der Waals surface area contributed by atoms with Crippen LogP contribution in [-0.2, 0) is 0 Å². The summed E-state index contributed by atoms with van der Waals surface area (Å²) in [5.74, 6) is 0.613. The van der Waals surface area contributed by atoms with Crippen LogP contribution in [0.15, 0.2) is 174 Å². The quantitative estimate of drug-likeness (QED) is 0.175. The van der Waals surface area contributed by atoms with Gasteiger partial charge in [-0.1, -0.05) is 109 Å². The van der Waals surface area contributed by atoms with Crippen molar-refractivity contribution in [1.82, 2.24) is 4.98 Å². The van der Waals surface area contributed by atoms with E-state index in [-0.39, 0.29) is 0 Å². The standard InChI is InChI=1S/C47H28N2OS/c1-2-12-34(13-3-1)49(36-22-23-38-32(27-36)20-18-29-9-4-6-15-37(29)38)35-14-8-11-33(28-35)47-48-46-40(50-47)24-26-42-45(46)44-41(51-42)25-21-31-19-17-30-10-5-7-16-39(30)43(31)44/h1-28H. The summed E-state index contributed by atoms with van der Waals surface area (Å²) in [6.45, 7) is 0. The molecule has 9 aromatic carbocycles. The lowest BCUT2D eigenvalue weighted by Crippen LogP contribution is -2.09. The Kier molecular flexibility index (Phi) is 6.12. The molecule has 0 atom stereocenters. The molecular formula is C47H28N2OS. The highest BCUT2D eigenvalue weighted by Crippen LogP contribution is 2.45. The summed E-state index contributed by atoms with van der Waals surface area (Å²) in [6, 6.07) is 60.7. The Balaban J connectivity index is 1.09. The van der Waals surface area contributed by atoms with Crippen molar-refractivity contribution in [3.63, 3.8) is 0 Å². The first-order chi connectivity index (χ1) is 25.3. The van der Waals surface area contributed by atoms with Crippen LogP contribution in [0.2, 0.25) is 0 Å². The molecule has 11 aromatic rings. The Hall–Kier alpha value is -6.49. The number of nitrogens with zero attached hydrogens (tertiary/aromatic N) is 2. The highest BCUT2D eigenvalue weighted by molar-refractivity contribution is 7.26. The number of hydrogen-bond acceptors (Lipinski definition) is 4. The molecule has 0 spiro atoms. The third kappa shape index (κ3) is 4.40. The Labute approximate surface area is 297 Å². The minimum Gasteiger partial charge on any atom is -0.436 e. The molecule has 0 radical (unpaired) electrons. The van der Waals surface area contributed by atoms with E-state index in [0.29, 0.717) is 5.89 Å². The number of aromatic nitrogens is 1. The minimum absolute atomic E-state index is 0.613. The fourth-order valence-electron chi connectivity index (χ4n) is 7.90. The Bertz CT molecular complexity index is 3160. The largest absolute Gasteiger partial charge is 0.436 e. The van der Waals surface area contributed by atoms with Crippen molar-refractivity contribution in [2.45, 2.75) is 0 Å². The average molecular weight is 669 g/mol. The van der Waals surface area contributed by atoms with E-state index in [9.17, 15) is 0 Å². The molecule has 2 aromatic heterocycles. The van der Waals surface area contributed by atoms with E-state index in [1.165, 1.54) is 57.9 Å². The predicted octanol–water partition coefficient (Wildman–Crippen LogP) is 13.9. The van der Waals surface area contributed by atoms with Crippen molar-refractivity contribution in [3.8, 4) is 11.5 Å². The van der Waals surface area contributed by atoms with Gasteiger partial charge in [0.25, 0.3) is 0 Å².